The molecule has 6 saturated heterocycles. The molecule has 6 fully saturated rings. The Morgan fingerprint density at radius 1 is 0.676 bits per heavy atom. The second-order valence-corrected chi connectivity index (χ2v) is 12.4. The Balaban J connectivity index is 0.889. The average Bonchev–Trinajstić information content (AvgIpc) is 2.93. The second kappa shape index (κ2) is 9.80. The van der Waals surface area contributed by atoms with Crippen molar-refractivity contribution < 1.29 is 4.74 Å². The largest absolute Gasteiger partial charge is 0.461 e. The molecule has 37 heavy (non-hydrogen) atoms. The van der Waals surface area contributed by atoms with E-state index in [4.69, 9.17) is 4.74 Å². The molecule has 0 saturated carbocycles. The molecule has 192 valence electrons. The van der Waals surface area contributed by atoms with Gasteiger partial charge in [-0.15, -0.1) is 0 Å². The van der Waals surface area contributed by atoms with Gasteiger partial charge in [0.05, 0.1) is 0 Å². The van der Waals surface area contributed by atoms with Crippen molar-refractivity contribution in [3.8, 4) is 5.88 Å². The van der Waals surface area contributed by atoms with Crippen LogP contribution >= 0.6 is 31.9 Å². The number of pyridine rings is 3. The predicted octanol–water partition coefficient (Wildman–Crippen LogP) is 4.16. The van der Waals surface area contributed by atoms with Crippen LogP contribution in [0.2, 0.25) is 0 Å². The summed E-state index contributed by atoms with van der Waals surface area (Å²) >= 11 is 6.95. The summed E-state index contributed by atoms with van der Waals surface area (Å²) < 4.78 is 8.13. The van der Waals surface area contributed by atoms with Crippen LogP contribution in [0.1, 0.15) is 18.4 Å². The van der Waals surface area contributed by atoms with Crippen LogP contribution in [0.15, 0.2) is 63.9 Å². The molecule has 3 aromatic rings. The highest BCUT2D eigenvalue weighted by atomic mass is 79.9. The quantitative estimate of drug-likeness (QED) is 0.388. The van der Waals surface area contributed by atoms with E-state index in [0.717, 1.165) is 53.3 Å². The molecular formula is C27H29Br2N7O. The summed E-state index contributed by atoms with van der Waals surface area (Å²) in [4.78, 5) is 23.6. The molecule has 8 nitrogen and oxygen atoms in total. The van der Waals surface area contributed by atoms with Crippen LogP contribution in [0.3, 0.4) is 0 Å². The van der Waals surface area contributed by atoms with E-state index in [-0.39, 0.29) is 0 Å². The van der Waals surface area contributed by atoms with Crippen molar-refractivity contribution in [2.45, 2.75) is 43.6 Å². The third kappa shape index (κ3) is 4.73. The lowest BCUT2D eigenvalue weighted by atomic mass is 9.87. The highest BCUT2D eigenvalue weighted by Gasteiger charge is 2.46. The second-order valence-electron chi connectivity index (χ2n) is 10.5. The Hall–Kier alpha value is -2.27. The number of hydrogen-bond donors (Lipinski definition) is 0. The summed E-state index contributed by atoms with van der Waals surface area (Å²) in [5, 5.41) is 0. The van der Waals surface area contributed by atoms with E-state index in [1.807, 2.05) is 24.7 Å². The Morgan fingerprint density at radius 3 is 1.73 bits per heavy atom. The van der Waals surface area contributed by atoms with Gasteiger partial charge in [0.2, 0.25) is 5.88 Å². The fourth-order valence-corrected chi connectivity index (χ4v) is 6.74. The molecule has 0 aliphatic carbocycles. The number of halogens is 2. The van der Waals surface area contributed by atoms with Gasteiger partial charge in [-0.3, -0.25) is 9.80 Å². The van der Waals surface area contributed by atoms with Crippen molar-refractivity contribution in [2.24, 2.45) is 0 Å². The molecule has 0 amide bonds. The molecule has 0 N–H and O–H groups in total. The number of fused-ring (bicyclic) bond motifs is 4. The maximum absolute atomic E-state index is 6.09. The van der Waals surface area contributed by atoms with Crippen molar-refractivity contribution in [1.29, 1.82) is 0 Å². The molecule has 4 bridgehead atoms. The number of anilines is 2. The van der Waals surface area contributed by atoms with Crippen LogP contribution in [-0.2, 0) is 6.54 Å². The van der Waals surface area contributed by atoms with Crippen molar-refractivity contribution in [3.63, 3.8) is 0 Å². The van der Waals surface area contributed by atoms with E-state index in [1.165, 1.54) is 18.4 Å². The summed E-state index contributed by atoms with van der Waals surface area (Å²) in [5.74, 6) is 2.83. The topological polar surface area (TPSA) is 60.9 Å². The first-order chi connectivity index (χ1) is 18.1. The number of nitrogens with zero attached hydrogens (tertiary/aromatic N) is 7. The standard InChI is InChI=1S/C27H29Br2N7O/c28-19-2-4-25(30-10-19)33-13-21-7-22(14-33)35(21)12-18-1-6-27(32-9-18)37-17-36-23-8-24(36)16-34(15-23)26-5-3-20(29)11-31-26/h1-6,9-11,21-24H,7-8,12-17H2. The summed E-state index contributed by atoms with van der Waals surface area (Å²) in [6.45, 7) is 5.60. The first kappa shape index (κ1) is 23.8. The van der Waals surface area contributed by atoms with Gasteiger partial charge in [0.15, 0.2) is 0 Å². The maximum atomic E-state index is 6.09. The average molecular weight is 627 g/mol. The fourth-order valence-electron chi connectivity index (χ4n) is 6.27. The van der Waals surface area contributed by atoms with E-state index in [1.54, 1.807) is 0 Å². The molecule has 9 rings (SSSR count). The zero-order valence-corrected chi connectivity index (χ0v) is 23.6. The number of piperazine rings is 2. The number of ether oxygens (including phenoxy) is 1. The number of hydrogen-bond acceptors (Lipinski definition) is 8. The van der Waals surface area contributed by atoms with E-state index in [2.05, 4.69) is 96.7 Å². The van der Waals surface area contributed by atoms with E-state index >= 15 is 0 Å². The predicted molar refractivity (Wildman–Crippen MR) is 150 cm³/mol. The Morgan fingerprint density at radius 2 is 1.24 bits per heavy atom. The Kier molecular flexibility index (Phi) is 6.31. The third-order valence-corrected chi connectivity index (χ3v) is 9.22. The number of piperidine rings is 2. The van der Waals surface area contributed by atoms with Gasteiger partial charge in [0.25, 0.3) is 0 Å². The first-order valence-corrected chi connectivity index (χ1v) is 14.5. The zero-order chi connectivity index (χ0) is 24.9. The lowest BCUT2D eigenvalue weighted by Crippen LogP contribution is -2.69. The minimum atomic E-state index is 0.515. The molecule has 9 heterocycles. The Labute approximate surface area is 233 Å². The molecule has 0 aromatic carbocycles. The number of aromatic nitrogens is 3. The minimum Gasteiger partial charge on any atom is -0.461 e. The maximum Gasteiger partial charge on any atom is 0.214 e. The first-order valence-electron chi connectivity index (χ1n) is 12.9. The van der Waals surface area contributed by atoms with Gasteiger partial charge in [0, 0.05) is 90.5 Å². The molecule has 0 spiro atoms. The van der Waals surface area contributed by atoms with Crippen molar-refractivity contribution in [2.75, 3.05) is 42.7 Å². The molecule has 6 aliphatic rings. The van der Waals surface area contributed by atoms with Crippen LogP contribution in [-0.4, -0.2) is 81.8 Å². The SMILES string of the molecule is Brc1ccc(N2CC3CC(C2)N3COc2ccc(CN3C4CC3CN(c3ccc(Br)cn3)C4)cn2)nc1. The third-order valence-electron chi connectivity index (χ3n) is 8.28. The highest BCUT2D eigenvalue weighted by molar-refractivity contribution is 9.10. The number of rotatable bonds is 7. The summed E-state index contributed by atoms with van der Waals surface area (Å²) in [6, 6.07) is 14.7. The van der Waals surface area contributed by atoms with Crippen molar-refractivity contribution in [3.05, 3.63) is 69.5 Å². The summed E-state index contributed by atoms with van der Waals surface area (Å²) in [7, 11) is 0. The minimum absolute atomic E-state index is 0.515. The lowest BCUT2D eigenvalue weighted by molar-refractivity contribution is -0.0539. The van der Waals surface area contributed by atoms with E-state index in [9.17, 15) is 0 Å². The molecule has 0 radical (unpaired) electrons. The van der Waals surface area contributed by atoms with E-state index in [0.29, 0.717) is 36.8 Å². The van der Waals surface area contributed by atoms with Crippen LogP contribution in [0.25, 0.3) is 0 Å². The van der Waals surface area contributed by atoms with Crippen LogP contribution in [0, 0.1) is 0 Å². The van der Waals surface area contributed by atoms with Crippen molar-refractivity contribution in [1.82, 2.24) is 24.8 Å². The smallest absolute Gasteiger partial charge is 0.214 e. The molecule has 3 aromatic heterocycles. The van der Waals surface area contributed by atoms with Crippen molar-refractivity contribution >= 4 is 43.5 Å². The van der Waals surface area contributed by atoms with Gasteiger partial charge in [-0.05, 0) is 74.5 Å². The summed E-state index contributed by atoms with van der Waals surface area (Å²) in [5.41, 5.74) is 1.25. The summed E-state index contributed by atoms with van der Waals surface area (Å²) in [6.07, 6.45) is 8.24. The van der Waals surface area contributed by atoms with Gasteiger partial charge >= 0.3 is 0 Å². The molecular weight excluding hydrogens is 598 g/mol. The van der Waals surface area contributed by atoms with E-state index < -0.39 is 0 Å². The highest BCUT2D eigenvalue weighted by Crippen LogP contribution is 2.36. The molecule has 10 heteroatoms. The van der Waals surface area contributed by atoms with Gasteiger partial charge in [-0.2, -0.15) is 0 Å². The lowest BCUT2D eigenvalue weighted by Gasteiger charge is -2.56. The molecule has 4 unspecified atom stereocenters. The normalized spacial score (nSPS) is 27.0. The Bertz CT molecular complexity index is 1220. The monoisotopic (exact) mass is 625 g/mol. The van der Waals surface area contributed by atoms with Gasteiger partial charge < -0.3 is 14.5 Å². The molecule has 4 atom stereocenters. The van der Waals surface area contributed by atoms with Gasteiger partial charge in [-0.25, -0.2) is 15.0 Å². The van der Waals surface area contributed by atoms with Gasteiger partial charge in [-0.1, -0.05) is 6.07 Å². The molecule has 6 aliphatic heterocycles. The van der Waals surface area contributed by atoms with Crippen LogP contribution in [0.5, 0.6) is 5.88 Å². The van der Waals surface area contributed by atoms with Gasteiger partial charge in [0.1, 0.15) is 18.4 Å². The van der Waals surface area contributed by atoms with Crippen LogP contribution in [0.4, 0.5) is 11.6 Å². The van der Waals surface area contributed by atoms with Crippen LogP contribution < -0.4 is 14.5 Å². The fraction of sp³-hybridized carbons (Fsp3) is 0.444. The zero-order valence-electron chi connectivity index (χ0n) is 20.5.